The maximum atomic E-state index is 12.3. The van der Waals surface area contributed by atoms with Gasteiger partial charge in [0.05, 0.1) is 0 Å². The van der Waals surface area contributed by atoms with E-state index < -0.39 is 0 Å². The molecule has 2 rings (SSSR count). The first kappa shape index (κ1) is 11.9. The lowest BCUT2D eigenvalue weighted by Gasteiger charge is -2.27. The van der Waals surface area contributed by atoms with E-state index in [1.807, 2.05) is 0 Å². The van der Waals surface area contributed by atoms with E-state index in [2.05, 4.69) is 11.8 Å². The molecule has 2 aliphatic rings. The standard InChI is InChI=1S/C14H25NO/c1-2-15(11-12-7-3-4-8-12)14(16)13-9-5-6-10-13/h12-13H,2-11H2,1H3. The molecule has 0 aromatic carbocycles. The molecule has 0 heterocycles. The van der Waals surface area contributed by atoms with Crippen LogP contribution in [0.25, 0.3) is 0 Å². The largest absolute Gasteiger partial charge is 0.342 e. The lowest BCUT2D eigenvalue weighted by molar-refractivity contribution is -0.135. The van der Waals surface area contributed by atoms with Gasteiger partial charge in [-0.2, -0.15) is 0 Å². The van der Waals surface area contributed by atoms with Gasteiger partial charge in [0, 0.05) is 19.0 Å². The summed E-state index contributed by atoms with van der Waals surface area (Å²) >= 11 is 0. The number of nitrogens with zero attached hydrogens (tertiary/aromatic N) is 1. The first-order chi connectivity index (χ1) is 7.81. The molecule has 1 amide bonds. The van der Waals surface area contributed by atoms with Crippen LogP contribution in [-0.4, -0.2) is 23.9 Å². The molecule has 0 aliphatic heterocycles. The number of rotatable bonds is 4. The minimum absolute atomic E-state index is 0.362. The molecular formula is C14H25NO. The van der Waals surface area contributed by atoms with E-state index >= 15 is 0 Å². The summed E-state index contributed by atoms with van der Waals surface area (Å²) in [5, 5.41) is 0. The van der Waals surface area contributed by atoms with E-state index in [4.69, 9.17) is 0 Å². The normalized spacial score (nSPS) is 22.8. The molecule has 0 radical (unpaired) electrons. The van der Waals surface area contributed by atoms with Gasteiger partial charge < -0.3 is 4.90 Å². The molecule has 16 heavy (non-hydrogen) atoms. The van der Waals surface area contributed by atoms with Crippen LogP contribution in [0, 0.1) is 11.8 Å². The molecule has 2 nitrogen and oxygen atoms in total. The highest BCUT2D eigenvalue weighted by Crippen LogP contribution is 2.29. The molecule has 2 heteroatoms. The third-order valence-electron chi connectivity index (χ3n) is 4.35. The highest BCUT2D eigenvalue weighted by atomic mass is 16.2. The van der Waals surface area contributed by atoms with Crippen molar-refractivity contribution < 1.29 is 4.79 Å². The van der Waals surface area contributed by atoms with Crippen LogP contribution in [0.5, 0.6) is 0 Å². The van der Waals surface area contributed by atoms with Crippen LogP contribution in [0.3, 0.4) is 0 Å². The van der Waals surface area contributed by atoms with Gasteiger partial charge in [-0.15, -0.1) is 0 Å². The maximum absolute atomic E-state index is 12.3. The Morgan fingerprint density at radius 1 is 1.06 bits per heavy atom. The summed E-state index contributed by atoms with van der Waals surface area (Å²) in [4.78, 5) is 14.4. The van der Waals surface area contributed by atoms with Gasteiger partial charge >= 0.3 is 0 Å². The number of hydrogen-bond donors (Lipinski definition) is 0. The molecule has 0 unspecified atom stereocenters. The molecule has 0 aromatic heterocycles. The van der Waals surface area contributed by atoms with Crippen molar-refractivity contribution in [1.29, 1.82) is 0 Å². The van der Waals surface area contributed by atoms with Crippen molar-refractivity contribution in [2.45, 2.75) is 58.3 Å². The van der Waals surface area contributed by atoms with Gasteiger partial charge in [-0.05, 0) is 38.5 Å². The van der Waals surface area contributed by atoms with E-state index in [0.29, 0.717) is 11.8 Å². The molecule has 92 valence electrons. The van der Waals surface area contributed by atoms with E-state index in [1.165, 1.54) is 38.5 Å². The zero-order chi connectivity index (χ0) is 11.4. The summed E-state index contributed by atoms with van der Waals surface area (Å²) in [7, 11) is 0. The van der Waals surface area contributed by atoms with Gasteiger partial charge in [0.2, 0.25) is 5.91 Å². The Bertz CT molecular complexity index is 227. The van der Waals surface area contributed by atoms with Crippen LogP contribution in [0.4, 0.5) is 0 Å². The van der Waals surface area contributed by atoms with Gasteiger partial charge in [-0.25, -0.2) is 0 Å². The average Bonchev–Trinajstić information content (AvgIpc) is 2.97. The Balaban J connectivity index is 1.84. The SMILES string of the molecule is CCN(CC1CCCC1)C(=O)C1CCCC1. The Morgan fingerprint density at radius 3 is 2.19 bits per heavy atom. The van der Waals surface area contributed by atoms with Crippen molar-refractivity contribution in [2.24, 2.45) is 11.8 Å². The fourth-order valence-electron chi connectivity index (χ4n) is 3.31. The second-order valence-corrected chi connectivity index (χ2v) is 5.51. The van der Waals surface area contributed by atoms with Crippen LogP contribution >= 0.6 is 0 Å². The van der Waals surface area contributed by atoms with Gasteiger partial charge in [0.1, 0.15) is 0 Å². The lowest BCUT2D eigenvalue weighted by atomic mass is 10.0. The molecule has 0 spiro atoms. The van der Waals surface area contributed by atoms with Gasteiger partial charge in [-0.3, -0.25) is 4.79 Å². The first-order valence-corrected chi connectivity index (χ1v) is 7.10. The smallest absolute Gasteiger partial charge is 0.225 e. The minimum atomic E-state index is 0.362. The van der Waals surface area contributed by atoms with Crippen molar-refractivity contribution in [1.82, 2.24) is 4.90 Å². The molecule has 0 N–H and O–H groups in total. The van der Waals surface area contributed by atoms with Crippen LogP contribution < -0.4 is 0 Å². The van der Waals surface area contributed by atoms with Crippen molar-refractivity contribution in [2.75, 3.05) is 13.1 Å². The van der Waals surface area contributed by atoms with Gasteiger partial charge in [-0.1, -0.05) is 25.7 Å². The fourth-order valence-corrected chi connectivity index (χ4v) is 3.31. The zero-order valence-electron chi connectivity index (χ0n) is 10.6. The Hall–Kier alpha value is -0.530. The lowest BCUT2D eigenvalue weighted by Crippen LogP contribution is -2.38. The predicted octanol–water partition coefficient (Wildman–Crippen LogP) is 3.22. The van der Waals surface area contributed by atoms with E-state index in [-0.39, 0.29) is 0 Å². The van der Waals surface area contributed by atoms with Crippen molar-refractivity contribution in [3.63, 3.8) is 0 Å². The fraction of sp³-hybridized carbons (Fsp3) is 0.929. The van der Waals surface area contributed by atoms with E-state index in [0.717, 1.165) is 31.8 Å². The topological polar surface area (TPSA) is 20.3 Å². The summed E-state index contributed by atoms with van der Waals surface area (Å²) in [6, 6.07) is 0. The first-order valence-electron chi connectivity index (χ1n) is 7.10. The summed E-state index contributed by atoms with van der Waals surface area (Å²) in [6.45, 7) is 4.07. The monoisotopic (exact) mass is 223 g/mol. The summed E-state index contributed by atoms with van der Waals surface area (Å²) in [5.41, 5.74) is 0. The molecule has 0 atom stereocenters. The van der Waals surface area contributed by atoms with Crippen molar-refractivity contribution in [3.8, 4) is 0 Å². The highest BCUT2D eigenvalue weighted by Gasteiger charge is 2.28. The molecule has 0 aromatic rings. The predicted molar refractivity (Wildman–Crippen MR) is 66.2 cm³/mol. The number of hydrogen-bond acceptors (Lipinski definition) is 1. The van der Waals surface area contributed by atoms with Crippen molar-refractivity contribution >= 4 is 5.91 Å². The molecule has 0 bridgehead atoms. The quantitative estimate of drug-likeness (QED) is 0.716. The van der Waals surface area contributed by atoms with Crippen LogP contribution in [-0.2, 0) is 4.79 Å². The number of carbonyl (C=O) groups excluding carboxylic acids is 1. The second kappa shape index (κ2) is 5.70. The van der Waals surface area contributed by atoms with E-state index in [1.54, 1.807) is 0 Å². The molecule has 2 aliphatic carbocycles. The summed E-state index contributed by atoms with van der Waals surface area (Å²) in [5.74, 6) is 1.61. The third kappa shape index (κ3) is 2.78. The third-order valence-corrected chi connectivity index (χ3v) is 4.35. The average molecular weight is 223 g/mol. The Labute approximate surface area is 99.4 Å². The summed E-state index contributed by atoms with van der Waals surface area (Å²) in [6.07, 6.45) is 10.2. The van der Waals surface area contributed by atoms with Crippen LogP contribution in [0.15, 0.2) is 0 Å². The van der Waals surface area contributed by atoms with Gasteiger partial charge in [0.25, 0.3) is 0 Å². The summed E-state index contributed by atoms with van der Waals surface area (Å²) < 4.78 is 0. The Morgan fingerprint density at radius 2 is 1.62 bits per heavy atom. The van der Waals surface area contributed by atoms with Crippen molar-refractivity contribution in [3.05, 3.63) is 0 Å². The van der Waals surface area contributed by atoms with E-state index in [9.17, 15) is 4.79 Å². The molecule has 2 fully saturated rings. The number of amides is 1. The second-order valence-electron chi connectivity index (χ2n) is 5.51. The van der Waals surface area contributed by atoms with Crippen LogP contribution in [0.2, 0.25) is 0 Å². The zero-order valence-corrected chi connectivity index (χ0v) is 10.6. The minimum Gasteiger partial charge on any atom is -0.342 e. The van der Waals surface area contributed by atoms with Crippen LogP contribution in [0.1, 0.15) is 58.3 Å². The number of carbonyl (C=O) groups is 1. The maximum Gasteiger partial charge on any atom is 0.225 e. The molecular weight excluding hydrogens is 198 g/mol. The van der Waals surface area contributed by atoms with Gasteiger partial charge in [0.15, 0.2) is 0 Å². The Kier molecular flexibility index (Phi) is 4.25. The highest BCUT2D eigenvalue weighted by molar-refractivity contribution is 5.79. The molecule has 2 saturated carbocycles. The molecule has 0 saturated heterocycles.